The normalized spacial score (nSPS) is 24.8. The van der Waals surface area contributed by atoms with E-state index in [2.05, 4.69) is 0 Å². The molecule has 0 spiro atoms. The second kappa shape index (κ2) is 3.60. The lowest BCUT2D eigenvalue weighted by molar-refractivity contribution is -0.141. The molecule has 0 bridgehead atoms. The maximum atomic E-state index is 10.7. The number of primary sulfonamides is 1. The largest absolute Gasteiger partial charge is 0.480 e. The van der Waals surface area contributed by atoms with Crippen LogP contribution in [0, 0.1) is 0 Å². The quantitative estimate of drug-likeness (QED) is 0.605. The molecule has 0 aliphatic carbocycles. The summed E-state index contributed by atoms with van der Waals surface area (Å²) in [5.74, 6) is -1.36. The van der Waals surface area contributed by atoms with E-state index in [0.29, 0.717) is 19.4 Å². The third-order valence-electron chi connectivity index (χ3n) is 1.99. The monoisotopic (exact) mass is 208 g/mol. The van der Waals surface area contributed by atoms with Crippen LogP contribution in [-0.4, -0.2) is 42.9 Å². The van der Waals surface area contributed by atoms with Crippen molar-refractivity contribution >= 4 is 16.0 Å². The van der Waals surface area contributed by atoms with E-state index in [1.54, 1.807) is 0 Å². The highest BCUT2D eigenvalue weighted by Crippen LogP contribution is 2.17. The molecule has 13 heavy (non-hydrogen) atoms. The molecule has 0 aromatic rings. The molecule has 0 aromatic carbocycles. The minimum Gasteiger partial charge on any atom is -0.480 e. The first-order valence-electron chi connectivity index (χ1n) is 3.87. The van der Waals surface area contributed by atoms with Gasteiger partial charge in [-0.15, -0.1) is 0 Å². The highest BCUT2D eigenvalue weighted by Gasteiger charge is 2.32. The lowest BCUT2D eigenvalue weighted by Gasteiger charge is -2.18. The molecule has 3 N–H and O–H groups in total. The Morgan fingerprint density at radius 1 is 1.62 bits per heavy atom. The van der Waals surface area contributed by atoms with Crippen LogP contribution in [0.3, 0.4) is 0 Å². The molecule has 1 saturated heterocycles. The van der Waals surface area contributed by atoms with Crippen molar-refractivity contribution < 1.29 is 18.3 Å². The van der Waals surface area contributed by atoms with E-state index in [1.807, 2.05) is 0 Å². The van der Waals surface area contributed by atoms with E-state index in [1.165, 1.54) is 4.90 Å². The first kappa shape index (κ1) is 10.4. The van der Waals surface area contributed by atoms with E-state index in [9.17, 15) is 13.2 Å². The van der Waals surface area contributed by atoms with Crippen molar-refractivity contribution in [3.63, 3.8) is 0 Å². The molecule has 0 unspecified atom stereocenters. The summed E-state index contributed by atoms with van der Waals surface area (Å²) in [5, 5.41) is 13.5. The van der Waals surface area contributed by atoms with Gasteiger partial charge in [0.15, 0.2) is 0 Å². The van der Waals surface area contributed by atoms with Crippen molar-refractivity contribution in [1.82, 2.24) is 4.90 Å². The van der Waals surface area contributed by atoms with Gasteiger partial charge in [0.05, 0.1) is 0 Å². The van der Waals surface area contributed by atoms with Crippen molar-refractivity contribution in [2.24, 2.45) is 5.14 Å². The number of aliphatic carboxylic acids is 1. The topological polar surface area (TPSA) is 101 Å². The van der Waals surface area contributed by atoms with E-state index >= 15 is 0 Å². The molecule has 0 saturated carbocycles. The number of carboxylic acid groups (broad SMARTS) is 1. The number of carbonyl (C=O) groups is 1. The van der Waals surface area contributed by atoms with E-state index in [4.69, 9.17) is 10.2 Å². The number of nitrogens with two attached hydrogens (primary N) is 1. The van der Waals surface area contributed by atoms with Gasteiger partial charge in [0.25, 0.3) is 0 Å². The number of hydrogen-bond donors (Lipinski definition) is 2. The molecule has 76 valence electrons. The Balaban J connectivity index is 2.64. The Morgan fingerprint density at radius 3 is 2.69 bits per heavy atom. The second-order valence-corrected chi connectivity index (χ2v) is 4.68. The molecule has 6 nitrogen and oxygen atoms in total. The molecule has 1 aliphatic rings. The Hall–Kier alpha value is -0.660. The molecule has 1 aliphatic heterocycles. The fourth-order valence-electron chi connectivity index (χ4n) is 1.49. The minimum atomic E-state index is -3.61. The van der Waals surface area contributed by atoms with E-state index in [0.717, 1.165) is 0 Å². The number of likely N-dealkylation sites (tertiary alicyclic amines) is 1. The van der Waals surface area contributed by atoms with Gasteiger partial charge in [0.1, 0.15) is 11.9 Å². The van der Waals surface area contributed by atoms with E-state index in [-0.39, 0.29) is 5.88 Å². The fourth-order valence-corrected chi connectivity index (χ4v) is 2.26. The molecule has 0 aromatic heterocycles. The molecular formula is C6H12N2O4S. The average Bonchev–Trinajstić information content (AvgIpc) is 2.31. The number of rotatable bonds is 3. The molecule has 7 heteroatoms. The van der Waals surface area contributed by atoms with Crippen molar-refractivity contribution in [3.05, 3.63) is 0 Å². The molecule has 1 fully saturated rings. The zero-order valence-corrected chi connectivity index (χ0v) is 7.83. The first-order valence-corrected chi connectivity index (χ1v) is 5.59. The average molecular weight is 208 g/mol. The predicted molar refractivity (Wildman–Crippen MR) is 45.3 cm³/mol. The molecular weight excluding hydrogens is 196 g/mol. The summed E-state index contributed by atoms with van der Waals surface area (Å²) in [5.41, 5.74) is 0. The molecule has 0 amide bonds. The summed E-state index contributed by atoms with van der Waals surface area (Å²) in [6.07, 6.45) is 1.19. The third-order valence-corrected chi connectivity index (χ3v) is 2.69. The summed E-state index contributed by atoms with van der Waals surface area (Å²) in [7, 11) is -3.61. The van der Waals surface area contributed by atoms with Crippen LogP contribution in [0.1, 0.15) is 12.8 Å². The first-order chi connectivity index (χ1) is 5.90. The van der Waals surface area contributed by atoms with E-state index < -0.39 is 22.0 Å². The van der Waals surface area contributed by atoms with Gasteiger partial charge >= 0.3 is 5.97 Å². The third kappa shape index (κ3) is 2.94. The number of nitrogens with zero attached hydrogens (tertiary/aromatic N) is 1. The van der Waals surface area contributed by atoms with Crippen LogP contribution in [-0.2, 0) is 14.8 Å². The van der Waals surface area contributed by atoms with Gasteiger partial charge in [-0.1, -0.05) is 0 Å². The highest BCUT2D eigenvalue weighted by atomic mass is 32.2. The van der Waals surface area contributed by atoms with Crippen molar-refractivity contribution in [3.8, 4) is 0 Å². The smallest absolute Gasteiger partial charge is 0.320 e. The molecule has 0 radical (unpaired) electrons. The Morgan fingerprint density at radius 2 is 2.23 bits per heavy atom. The number of hydrogen-bond acceptors (Lipinski definition) is 4. The standard InChI is InChI=1S/C6H12N2O4S/c7-13(11,12)4-8-3-1-2-5(8)6(9)10/h5H,1-4H2,(H,9,10)(H2,7,11,12)/t5-/m0/s1. The predicted octanol–water partition coefficient (Wildman–Crippen LogP) is -1.22. The lowest BCUT2D eigenvalue weighted by atomic mass is 10.2. The fraction of sp³-hybridized carbons (Fsp3) is 0.833. The lowest BCUT2D eigenvalue weighted by Crippen LogP contribution is -2.41. The summed E-state index contributed by atoms with van der Waals surface area (Å²) in [6, 6.07) is -0.696. The van der Waals surface area contributed by atoms with Gasteiger partial charge in [-0.3, -0.25) is 9.69 Å². The summed E-state index contributed by atoms with van der Waals surface area (Å²) in [4.78, 5) is 12.0. The molecule has 1 rings (SSSR count). The SMILES string of the molecule is NS(=O)(=O)CN1CCC[C@H]1C(=O)O. The van der Waals surface area contributed by atoms with Crippen molar-refractivity contribution in [2.45, 2.75) is 18.9 Å². The van der Waals surface area contributed by atoms with Crippen LogP contribution < -0.4 is 5.14 Å². The maximum Gasteiger partial charge on any atom is 0.320 e. The Bertz CT molecular complexity index is 300. The number of carboxylic acids is 1. The second-order valence-electron chi connectivity index (χ2n) is 3.10. The summed E-state index contributed by atoms with van der Waals surface area (Å²) in [6.45, 7) is 0.480. The van der Waals surface area contributed by atoms with Gasteiger partial charge in [0, 0.05) is 6.54 Å². The zero-order chi connectivity index (χ0) is 10.1. The Kier molecular flexibility index (Phi) is 2.89. The highest BCUT2D eigenvalue weighted by molar-refractivity contribution is 7.89. The van der Waals surface area contributed by atoms with Crippen LogP contribution in [0.25, 0.3) is 0 Å². The zero-order valence-electron chi connectivity index (χ0n) is 7.01. The van der Waals surface area contributed by atoms with Crippen molar-refractivity contribution in [1.29, 1.82) is 0 Å². The Labute approximate surface area is 76.4 Å². The van der Waals surface area contributed by atoms with Crippen LogP contribution in [0.5, 0.6) is 0 Å². The van der Waals surface area contributed by atoms with Crippen LogP contribution in [0.2, 0.25) is 0 Å². The number of sulfonamides is 1. The van der Waals surface area contributed by atoms with Gasteiger partial charge in [-0.05, 0) is 12.8 Å². The van der Waals surface area contributed by atoms with Crippen LogP contribution in [0.4, 0.5) is 0 Å². The van der Waals surface area contributed by atoms with Crippen molar-refractivity contribution in [2.75, 3.05) is 12.4 Å². The van der Waals surface area contributed by atoms with Gasteiger partial charge in [-0.2, -0.15) is 0 Å². The van der Waals surface area contributed by atoms with Crippen LogP contribution in [0.15, 0.2) is 0 Å². The summed E-state index contributed by atoms with van der Waals surface area (Å²) < 4.78 is 21.4. The van der Waals surface area contributed by atoms with Gasteiger partial charge < -0.3 is 5.11 Å². The maximum absolute atomic E-state index is 10.7. The van der Waals surface area contributed by atoms with Gasteiger partial charge in [-0.25, -0.2) is 13.6 Å². The summed E-state index contributed by atoms with van der Waals surface area (Å²) >= 11 is 0. The van der Waals surface area contributed by atoms with Crippen LogP contribution >= 0.6 is 0 Å². The minimum absolute atomic E-state index is 0.371. The molecule has 1 atom stereocenters. The molecule has 1 heterocycles. The van der Waals surface area contributed by atoms with Gasteiger partial charge in [0.2, 0.25) is 10.0 Å².